The fourth-order valence-electron chi connectivity index (χ4n) is 2.96. The van der Waals surface area contributed by atoms with Crippen molar-refractivity contribution in [1.29, 1.82) is 0 Å². The Kier molecular flexibility index (Phi) is 3.88. The molecule has 0 radical (unpaired) electrons. The lowest BCUT2D eigenvalue weighted by molar-refractivity contribution is -0.119. The molecule has 1 unspecified atom stereocenters. The minimum atomic E-state index is -0.444. The minimum Gasteiger partial charge on any atom is -0.350 e. The van der Waals surface area contributed by atoms with Crippen LogP contribution in [0.3, 0.4) is 0 Å². The first kappa shape index (κ1) is 14.0. The van der Waals surface area contributed by atoms with Gasteiger partial charge in [0.1, 0.15) is 11.6 Å². The van der Waals surface area contributed by atoms with E-state index in [1.54, 1.807) is 0 Å². The highest BCUT2D eigenvalue weighted by Crippen LogP contribution is 2.32. The fourth-order valence-corrected chi connectivity index (χ4v) is 2.96. The average molecular weight is 267 g/mol. The van der Waals surface area contributed by atoms with E-state index in [0.29, 0.717) is 30.7 Å². The third-order valence-electron chi connectivity index (χ3n) is 3.57. The van der Waals surface area contributed by atoms with Crippen LogP contribution in [0.5, 0.6) is 0 Å². The molecule has 1 aromatic rings. The number of hydrogen-bond donors (Lipinski definition) is 1. The van der Waals surface area contributed by atoms with Gasteiger partial charge in [-0.05, 0) is 48.9 Å². The summed E-state index contributed by atoms with van der Waals surface area (Å²) in [6.45, 7) is 4.13. The van der Waals surface area contributed by atoms with Crippen molar-refractivity contribution in [3.63, 3.8) is 0 Å². The summed E-state index contributed by atoms with van der Waals surface area (Å²) in [4.78, 5) is 11.5. The maximum atomic E-state index is 13.7. The molecular formula is C15H19F2NO. The van der Waals surface area contributed by atoms with Crippen LogP contribution >= 0.6 is 0 Å². The molecule has 1 amide bonds. The SMILES string of the molecule is CC(C)CC1(Cc2cc(F)ccc2F)CCC(=O)N1. The topological polar surface area (TPSA) is 29.1 Å². The maximum Gasteiger partial charge on any atom is 0.220 e. The standard InChI is InChI=1S/C15H19F2NO/c1-10(2)8-15(6-5-14(19)18-15)9-11-7-12(16)3-4-13(11)17/h3-4,7,10H,5-6,8-9H2,1-2H3,(H,18,19). The van der Waals surface area contributed by atoms with Crippen LogP contribution < -0.4 is 5.32 Å². The van der Waals surface area contributed by atoms with Crippen LogP contribution in [-0.2, 0) is 11.2 Å². The van der Waals surface area contributed by atoms with Gasteiger partial charge in [-0.1, -0.05) is 13.8 Å². The van der Waals surface area contributed by atoms with Gasteiger partial charge in [0.2, 0.25) is 5.91 Å². The van der Waals surface area contributed by atoms with Gasteiger partial charge >= 0.3 is 0 Å². The van der Waals surface area contributed by atoms with Crippen LogP contribution in [-0.4, -0.2) is 11.4 Å². The van der Waals surface area contributed by atoms with E-state index in [0.717, 1.165) is 18.6 Å². The molecule has 0 bridgehead atoms. The minimum absolute atomic E-state index is 0.00235. The molecule has 1 aromatic carbocycles. The second-order valence-corrected chi connectivity index (χ2v) is 5.84. The summed E-state index contributed by atoms with van der Waals surface area (Å²) in [6.07, 6.45) is 2.26. The molecule has 1 aliphatic rings. The van der Waals surface area contributed by atoms with Crippen LogP contribution in [0, 0.1) is 17.6 Å². The molecule has 1 heterocycles. The lowest BCUT2D eigenvalue weighted by atomic mass is 9.82. The first-order valence-corrected chi connectivity index (χ1v) is 6.65. The lowest BCUT2D eigenvalue weighted by Gasteiger charge is -2.31. The molecule has 0 saturated carbocycles. The normalized spacial score (nSPS) is 22.9. The van der Waals surface area contributed by atoms with Crippen molar-refractivity contribution >= 4 is 5.91 Å². The van der Waals surface area contributed by atoms with E-state index in [4.69, 9.17) is 0 Å². The zero-order valence-corrected chi connectivity index (χ0v) is 11.3. The van der Waals surface area contributed by atoms with Crippen LogP contribution in [0.1, 0.15) is 38.7 Å². The Morgan fingerprint density at radius 1 is 1.37 bits per heavy atom. The molecule has 1 N–H and O–H groups in total. The van der Waals surface area contributed by atoms with Crippen molar-refractivity contribution in [2.75, 3.05) is 0 Å². The van der Waals surface area contributed by atoms with E-state index in [1.807, 2.05) is 0 Å². The predicted molar refractivity (Wildman–Crippen MR) is 69.6 cm³/mol. The van der Waals surface area contributed by atoms with Gasteiger partial charge in [-0.15, -0.1) is 0 Å². The number of halogens is 2. The van der Waals surface area contributed by atoms with Gasteiger partial charge < -0.3 is 5.32 Å². The number of nitrogens with one attached hydrogen (secondary N) is 1. The maximum absolute atomic E-state index is 13.7. The first-order valence-electron chi connectivity index (χ1n) is 6.65. The summed E-state index contributed by atoms with van der Waals surface area (Å²) in [5.41, 5.74) is -0.0947. The number of benzene rings is 1. The quantitative estimate of drug-likeness (QED) is 0.891. The third kappa shape index (κ3) is 3.31. The Morgan fingerprint density at radius 3 is 2.68 bits per heavy atom. The molecular weight excluding hydrogens is 248 g/mol. The molecule has 19 heavy (non-hydrogen) atoms. The molecule has 1 fully saturated rings. The van der Waals surface area contributed by atoms with Crippen molar-refractivity contribution in [2.24, 2.45) is 5.92 Å². The number of hydrogen-bond acceptors (Lipinski definition) is 1. The molecule has 1 saturated heterocycles. The Morgan fingerprint density at radius 2 is 2.11 bits per heavy atom. The average Bonchev–Trinajstić information content (AvgIpc) is 2.64. The molecule has 2 nitrogen and oxygen atoms in total. The predicted octanol–water partition coefficient (Wildman–Crippen LogP) is 3.20. The van der Waals surface area contributed by atoms with Crippen molar-refractivity contribution in [1.82, 2.24) is 5.32 Å². The van der Waals surface area contributed by atoms with Crippen molar-refractivity contribution in [3.05, 3.63) is 35.4 Å². The number of carbonyl (C=O) groups excluding carboxylic acids is 1. The molecule has 0 spiro atoms. The third-order valence-corrected chi connectivity index (χ3v) is 3.57. The van der Waals surface area contributed by atoms with E-state index in [-0.39, 0.29) is 5.91 Å². The van der Waals surface area contributed by atoms with Gasteiger partial charge in [-0.2, -0.15) is 0 Å². The van der Waals surface area contributed by atoms with Gasteiger partial charge in [0.15, 0.2) is 0 Å². The highest BCUT2D eigenvalue weighted by Gasteiger charge is 2.38. The Balaban J connectivity index is 2.25. The largest absolute Gasteiger partial charge is 0.350 e. The van der Waals surface area contributed by atoms with Gasteiger partial charge in [-0.3, -0.25) is 4.79 Å². The summed E-state index contributed by atoms with van der Waals surface area (Å²) < 4.78 is 27.0. The number of amides is 1. The molecule has 0 aromatic heterocycles. The fraction of sp³-hybridized carbons (Fsp3) is 0.533. The van der Waals surface area contributed by atoms with E-state index in [9.17, 15) is 13.6 Å². The zero-order chi connectivity index (χ0) is 14.0. The Bertz CT molecular complexity index is 487. The second kappa shape index (κ2) is 5.27. The summed E-state index contributed by atoms with van der Waals surface area (Å²) in [6, 6.07) is 3.48. The van der Waals surface area contributed by atoms with Gasteiger partial charge in [0.25, 0.3) is 0 Å². The second-order valence-electron chi connectivity index (χ2n) is 5.84. The summed E-state index contributed by atoms with van der Waals surface area (Å²) >= 11 is 0. The van der Waals surface area contributed by atoms with Crippen LogP contribution in [0.4, 0.5) is 8.78 Å². The smallest absolute Gasteiger partial charge is 0.220 e. The van der Waals surface area contributed by atoms with E-state index < -0.39 is 17.2 Å². The van der Waals surface area contributed by atoms with Gasteiger partial charge in [0.05, 0.1) is 0 Å². The summed E-state index contributed by atoms with van der Waals surface area (Å²) in [7, 11) is 0. The van der Waals surface area contributed by atoms with Crippen molar-refractivity contribution in [3.8, 4) is 0 Å². The Hall–Kier alpha value is -1.45. The van der Waals surface area contributed by atoms with E-state index in [1.165, 1.54) is 6.07 Å². The Labute approximate surface area is 112 Å². The zero-order valence-electron chi connectivity index (χ0n) is 11.3. The van der Waals surface area contributed by atoms with E-state index >= 15 is 0 Å². The highest BCUT2D eigenvalue weighted by atomic mass is 19.1. The van der Waals surface area contributed by atoms with Crippen LogP contribution in [0.2, 0.25) is 0 Å². The lowest BCUT2D eigenvalue weighted by Crippen LogP contribution is -2.44. The molecule has 1 aliphatic heterocycles. The molecule has 2 rings (SSSR count). The van der Waals surface area contributed by atoms with Gasteiger partial charge in [-0.25, -0.2) is 8.78 Å². The molecule has 0 aliphatic carbocycles. The monoisotopic (exact) mass is 267 g/mol. The van der Waals surface area contributed by atoms with Crippen LogP contribution in [0.15, 0.2) is 18.2 Å². The summed E-state index contributed by atoms with van der Waals surface area (Å²) in [5, 5.41) is 2.97. The molecule has 104 valence electrons. The number of carbonyl (C=O) groups is 1. The summed E-state index contributed by atoms with van der Waals surface area (Å²) in [5.74, 6) is -0.474. The highest BCUT2D eigenvalue weighted by molar-refractivity contribution is 5.79. The van der Waals surface area contributed by atoms with Gasteiger partial charge in [0, 0.05) is 12.0 Å². The van der Waals surface area contributed by atoms with E-state index in [2.05, 4.69) is 19.2 Å². The van der Waals surface area contributed by atoms with Crippen molar-refractivity contribution in [2.45, 2.75) is 45.1 Å². The molecule has 4 heteroatoms. The van der Waals surface area contributed by atoms with Crippen LogP contribution in [0.25, 0.3) is 0 Å². The first-order chi connectivity index (χ1) is 8.90. The van der Waals surface area contributed by atoms with Crippen molar-refractivity contribution < 1.29 is 13.6 Å². The molecule has 1 atom stereocenters. The number of rotatable bonds is 4.